The van der Waals surface area contributed by atoms with E-state index in [1.807, 2.05) is 18.5 Å². The van der Waals surface area contributed by atoms with Gasteiger partial charge in [-0.05, 0) is 45.2 Å². The molecule has 1 heterocycles. The Bertz CT molecular complexity index is 818. The van der Waals surface area contributed by atoms with Crippen molar-refractivity contribution in [2.24, 2.45) is 12.0 Å². The predicted molar refractivity (Wildman–Crippen MR) is 120 cm³/mol. The van der Waals surface area contributed by atoms with Crippen LogP contribution >= 0.6 is 0 Å². The van der Waals surface area contributed by atoms with Crippen molar-refractivity contribution in [2.75, 3.05) is 20.3 Å². The largest absolute Gasteiger partial charge is 0.490 e. The van der Waals surface area contributed by atoms with Gasteiger partial charge in [0.15, 0.2) is 11.8 Å². The van der Waals surface area contributed by atoms with Crippen LogP contribution in [0, 0.1) is 13.8 Å². The maximum Gasteiger partial charge on any atom is 0.191 e. The number of aliphatic imine (C=N–C) groups is 1. The van der Waals surface area contributed by atoms with E-state index in [2.05, 4.69) is 59.8 Å². The van der Waals surface area contributed by atoms with Gasteiger partial charge in [-0.25, -0.2) is 4.99 Å². The van der Waals surface area contributed by atoms with Gasteiger partial charge >= 0.3 is 0 Å². The van der Waals surface area contributed by atoms with Crippen molar-refractivity contribution in [3.8, 4) is 5.75 Å². The van der Waals surface area contributed by atoms with Gasteiger partial charge in [0.1, 0.15) is 11.6 Å². The number of aromatic nitrogens is 3. The van der Waals surface area contributed by atoms with Gasteiger partial charge in [0.25, 0.3) is 0 Å². The maximum absolute atomic E-state index is 6.12. The highest BCUT2D eigenvalue weighted by Gasteiger charge is 2.10. The van der Waals surface area contributed by atoms with Crippen LogP contribution in [0.3, 0.4) is 0 Å². The molecule has 8 heteroatoms. The second-order valence-electron chi connectivity index (χ2n) is 7.46. The highest BCUT2D eigenvalue weighted by atomic mass is 16.5. The second-order valence-corrected chi connectivity index (χ2v) is 7.46. The molecular formula is C22H36N6O2. The second kappa shape index (κ2) is 12.2. The fourth-order valence-electron chi connectivity index (χ4n) is 2.73. The lowest BCUT2D eigenvalue weighted by Gasteiger charge is -2.17. The average molecular weight is 417 g/mol. The molecule has 30 heavy (non-hydrogen) atoms. The predicted octanol–water partition coefficient (Wildman–Crippen LogP) is 2.88. The molecule has 0 aliphatic rings. The number of hydrogen-bond acceptors (Lipinski definition) is 5. The van der Waals surface area contributed by atoms with Gasteiger partial charge in [-0.2, -0.15) is 0 Å². The highest BCUT2D eigenvalue weighted by molar-refractivity contribution is 5.79. The Hall–Kier alpha value is -2.61. The minimum absolute atomic E-state index is 0.165. The number of benzene rings is 1. The minimum Gasteiger partial charge on any atom is -0.490 e. The van der Waals surface area contributed by atoms with E-state index < -0.39 is 0 Å². The molecule has 1 aromatic heterocycles. The summed E-state index contributed by atoms with van der Waals surface area (Å²) in [6, 6.07) is 6.26. The van der Waals surface area contributed by atoms with Crippen molar-refractivity contribution in [3.63, 3.8) is 0 Å². The van der Waals surface area contributed by atoms with E-state index in [-0.39, 0.29) is 6.10 Å². The van der Waals surface area contributed by atoms with Gasteiger partial charge in [0.05, 0.1) is 19.2 Å². The van der Waals surface area contributed by atoms with Gasteiger partial charge in [0, 0.05) is 32.9 Å². The van der Waals surface area contributed by atoms with E-state index in [1.54, 1.807) is 7.11 Å². The molecule has 0 radical (unpaired) electrons. The van der Waals surface area contributed by atoms with Crippen LogP contribution in [0.25, 0.3) is 0 Å². The first kappa shape index (κ1) is 23.7. The van der Waals surface area contributed by atoms with Crippen molar-refractivity contribution in [3.05, 3.63) is 41.0 Å². The lowest BCUT2D eigenvalue weighted by Crippen LogP contribution is -2.38. The SMILES string of the molecule is CCC(C)Oc1cc(C)ccc1CN=C(NCCCOC)NCc1nnc(C)n1C. The summed E-state index contributed by atoms with van der Waals surface area (Å²) in [6.07, 6.45) is 2.02. The molecule has 1 atom stereocenters. The van der Waals surface area contributed by atoms with E-state index in [0.29, 0.717) is 19.7 Å². The van der Waals surface area contributed by atoms with Crippen LogP contribution in [0.1, 0.15) is 49.5 Å². The molecule has 0 fully saturated rings. The summed E-state index contributed by atoms with van der Waals surface area (Å²) in [5.74, 6) is 3.36. The first-order valence-electron chi connectivity index (χ1n) is 10.6. The van der Waals surface area contributed by atoms with Crippen molar-refractivity contribution in [1.82, 2.24) is 25.4 Å². The van der Waals surface area contributed by atoms with E-state index in [0.717, 1.165) is 48.3 Å². The Morgan fingerprint density at radius 2 is 2.03 bits per heavy atom. The van der Waals surface area contributed by atoms with Crippen LogP contribution in [0.15, 0.2) is 23.2 Å². The van der Waals surface area contributed by atoms with Crippen molar-refractivity contribution >= 4 is 5.96 Å². The Balaban J connectivity index is 2.11. The van der Waals surface area contributed by atoms with Gasteiger partial charge in [-0.15, -0.1) is 10.2 Å². The Labute approximate surface area is 180 Å². The zero-order valence-corrected chi connectivity index (χ0v) is 19.2. The number of methoxy groups -OCH3 is 1. The zero-order valence-electron chi connectivity index (χ0n) is 19.2. The van der Waals surface area contributed by atoms with Gasteiger partial charge < -0.3 is 24.7 Å². The Morgan fingerprint density at radius 3 is 2.70 bits per heavy atom. The average Bonchev–Trinajstić information content (AvgIpc) is 3.05. The van der Waals surface area contributed by atoms with E-state index in [4.69, 9.17) is 14.5 Å². The zero-order chi connectivity index (χ0) is 21.9. The standard InChI is InChI=1S/C22H36N6O2/c1-7-17(3)30-20-13-16(2)9-10-19(20)14-24-22(23-11-8-12-29-6)25-15-21-27-26-18(4)28(21)5/h9-10,13,17H,7-8,11-12,14-15H2,1-6H3,(H2,23,24,25). The summed E-state index contributed by atoms with van der Waals surface area (Å²) >= 11 is 0. The fraction of sp³-hybridized carbons (Fsp3) is 0.591. The van der Waals surface area contributed by atoms with Crippen LogP contribution in [0.5, 0.6) is 5.75 Å². The Kier molecular flexibility index (Phi) is 9.60. The van der Waals surface area contributed by atoms with Crippen LogP contribution < -0.4 is 15.4 Å². The molecule has 0 aliphatic carbocycles. The molecule has 2 aromatic rings. The monoisotopic (exact) mass is 416 g/mol. The van der Waals surface area contributed by atoms with Crippen molar-refractivity contribution in [1.29, 1.82) is 0 Å². The normalized spacial score (nSPS) is 12.7. The third kappa shape index (κ3) is 7.33. The number of guanidine groups is 1. The molecule has 1 unspecified atom stereocenters. The molecular weight excluding hydrogens is 380 g/mol. The quantitative estimate of drug-likeness (QED) is 0.333. The number of hydrogen-bond donors (Lipinski definition) is 2. The minimum atomic E-state index is 0.165. The summed E-state index contributed by atoms with van der Waals surface area (Å²) in [4.78, 5) is 4.78. The number of aryl methyl sites for hydroxylation is 2. The van der Waals surface area contributed by atoms with E-state index in [9.17, 15) is 0 Å². The van der Waals surface area contributed by atoms with Gasteiger partial charge in [-0.3, -0.25) is 0 Å². The van der Waals surface area contributed by atoms with Crippen LogP contribution in [0.4, 0.5) is 0 Å². The fourth-order valence-corrected chi connectivity index (χ4v) is 2.73. The lowest BCUT2D eigenvalue weighted by molar-refractivity contribution is 0.195. The number of nitrogens with zero attached hydrogens (tertiary/aromatic N) is 4. The van der Waals surface area contributed by atoms with E-state index in [1.165, 1.54) is 5.56 Å². The smallest absolute Gasteiger partial charge is 0.191 e. The summed E-state index contributed by atoms with van der Waals surface area (Å²) in [7, 11) is 3.67. The number of ether oxygens (including phenoxy) is 2. The molecule has 1 aromatic carbocycles. The first-order chi connectivity index (χ1) is 14.4. The summed E-state index contributed by atoms with van der Waals surface area (Å²) < 4.78 is 13.2. The van der Waals surface area contributed by atoms with Crippen LogP contribution in [-0.2, 0) is 24.9 Å². The molecule has 2 rings (SSSR count). The van der Waals surface area contributed by atoms with Crippen molar-refractivity contribution in [2.45, 2.75) is 59.7 Å². The first-order valence-corrected chi connectivity index (χ1v) is 10.6. The maximum atomic E-state index is 6.12. The topological polar surface area (TPSA) is 85.6 Å². The molecule has 0 saturated carbocycles. The summed E-state index contributed by atoms with van der Waals surface area (Å²) in [6.45, 7) is 10.7. The molecule has 166 valence electrons. The highest BCUT2D eigenvalue weighted by Crippen LogP contribution is 2.23. The molecule has 0 bridgehead atoms. The molecule has 0 saturated heterocycles. The molecule has 0 spiro atoms. The summed E-state index contributed by atoms with van der Waals surface area (Å²) in [5, 5.41) is 15.0. The molecule has 0 amide bonds. The number of nitrogens with one attached hydrogen (secondary N) is 2. The molecule has 0 aliphatic heterocycles. The Morgan fingerprint density at radius 1 is 1.23 bits per heavy atom. The molecule has 2 N–H and O–H groups in total. The van der Waals surface area contributed by atoms with Crippen molar-refractivity contribution < 1.29 is 9.47 Å². The van der Waals surface area contributed by atoms with E-state index >= 15 is 0 Å². The third-order valence-corrected chi connectivity index (χ3v) is 4.95. The summed E-state index contributed by atoms with van der Waals surface area (Å²) in [5.41, 5.74) is 2.24. The van der Waals surface area contributed by atoms with Gasteiger partial charge in [0.2, 0.25) is 0 Å². The third-order valence-electron chi connectivity index (χ3n) is 4.95. The lowest BCUT2D eigenvalue weighted by atomic mass is 10.1. The van der Waals surface area contributed by atoms with Crippen LogP contribution in [0.2, 0.25) is 0 Å². The van der Waals surface area contributed by atoms with Crippen LogP contribution in [-0.4, -0.2) is 47.1 Å². The number of rotatable bonds is 11. The molecule has 8 nitrogen and oxygen atoms in total. The van der Waals surface area contributed by atoms with Gasteiger partial charge in [-0.1, -0.05) is 19.1 Å².